The fourth-order valence-corrected chi connectivity index (χ4v) is 1.47. The van der Waals surface area contributed by atoms with E-state index in [9.17, 15) is 4.79 Å². The number of benzene rings is 1. The van der Waals surface area contributed by atoms with E-state index in [0.29, 0.717) is 10.8 Å². The van der Waals surface area contributed by atoms with Gasteiger partial charge in [-0.15, -0.1) is 10.2 Å². The van der Waals surface area contributed by atoms with E-state index in [1.807, 2.05) is 0 Å². The lowest BCUT2D eigenvalue weighted by molar-refractivity contribution is 0.0477. The smallest absolute Gasteiger partial charge is 0.396 e. The van der Waals surface area contributed by atoms with Crippen LogP contribution in [0, 0.1) is 0 Å². The fraction of sp³-hybridized carbons (Fsp3) is 0.250. The molecule has 0 radical (unpaired) electrons. The zero-order valence-electron chi connectivity index (χ0n) is 10.1. The van der Waals surface area contributed by atoms with Gasteiger partial charge in [0.05, 0.1) is 6.61 Å². The first kappa shape index (κ1) is 13.4. The number of ether oxygens (including phenoxy) is 2. The Morgan fingerprint density at radius 2 is 2.26 bits per heavy atom. The molecule has 0 bridgehead atoms. The van der Waals surface area contributed by atoms with Crippen molar-refractivity contribution in [2.24, 2.45) is 0 Å². The second kappa shape index (κ2) is 6.19. The summed E-state index contributed by atoms with van der Waals surface area (Å²) in [5.74, 6) is -0.0815. The van der Waals surface area contributed by atoms with Gasteiger partial charge in [-0.25, -0.2) is 4.79 Å². The average molecular weight is 283 g/mol. The van der Waals surface area contributed by atoms with Gasteiger partial charge in [-0.1, -0.05) is 17.7 Å². The van der Waals surface area contributed by atoms with Crippen molar-refractivity contribution in [2.75, 3.05) is 6.61 Å². The minimum atomic E-state index is -0.649. The van der Waals surface area contributed by atoms with Crippen LogP contribution in [0.3, 0.4) is 0 Å². The van der Waals surface area contributed by atoms with Crippen LogP contribution >= 0.6 is 11.6 Å². The average Bonchev–Trinajstić information content (AvgIpc) is 2.86. The van der Waals surface area contributed by atoms with Gasteiger partial charge in [0.15, 0.2) is 6.61 Å². The Kier molecular flexibility index (Phi) is 4.35. The molecule has 0 aliphatic heterocycles. The van der Waals surface area contributed by atoms with E-state index in [4.69, 9.17) is 25.5 Å². The third-order valence-electron chi connectivity index (χ3n) is 2.08. The topological polar surface area (TPSA) is 74.5 Å². The van der Waals surface area contributed by atoms with Crippen molar-refractivity contribution >= 4 is 17.6 Å². The SMILES string of the molecule is CCOC(=O)c1nnc(COc2cccc(Cl)c2)o1. The Bertz CT molecular complexity index is 570. The van der Waals surface area contributed by atoms with Crippen LogP contribution in [0.2, 0.25) is 5.02 Å². The van der Waals surface area contributed by atoms with Gasteiger partial charge in [0.1, 0.15) is 5.75 Å². The molecular weight excluding hydrogens is 272 g/mol. The predicted molar refractivity (Wildman–Crippen MR) is 66.0 cm³/mol. The van der Waals surface area contributed by atoms with Crippen molar-refractivity contribution in [3.05, 3.63) is 41.1 Å². The minimum Gasteiger partial charge on any atom is -0.484 e. The van der Waals surface area contributed by atoms with Crippen LogP contribution in [0.1, 0.15) is 23.5 Å². The highest BCUT2D eigenvalue weighted by Crippen LogP contribution is 2.18. The Hall–Kier alpha value is -2.08. The number of rotatable bonds is 5. The number of hydrogen-bond donors (Lipinski definition) is 0. The first-order chi connectivity index (χ1) is 9.19. The van der Waals surface area contributed by atoms with Crippen LogP contribution in [0.25, 0.3) is 0 Å². The zero-order valence-corrected chi connectivity index (χ0v) is 10.9. The molecular formula is C12H11ClN2O4. The number of aromatic nitrogens is 2. The number of carbonyl (C=O) groups excluding carboxylic acids is 1. The molecule has 0 unspecified atom stereocenters. The van der Waals surface area contributed by atoms with Crippen LogP contribution in [0.4, 0.5) is 0 Å². The molecule has 0 saturated carbocycles. The molecule has 0 atom stereocenters. The van der Waals surface area contributed by atoms with Crippen molar-refractivity contribution in [3.8, 4) is 5.75 Å². The maximum absolute atomic E-state index is 11.3. The van der Waals surface area contributed by atoms with Gasteiger partial charge in [-0.05, 0) is 25.1 Å². The normalized spacial score (nSPS) is 10.2. The van der Waals surface area contributed by atoms with Crippen LogP contribution in [-0.4, -0.2) is 22.8 Å². The predicted octanol–water partition coefficient (Wildman–Crippen LogP) is 2.48. The minimum absolute atomic E-state index is 0.0484. The molecule has 1 aromatic carbocycles. The summed E-state index contributed by atoms with van der Waals surface area (Å²) in [6.07, 6.45) is 0. The summed E-state index contributed by atoms with van der Waals surface area (Å²) in [5.41, 5.74) is 0. The zero-order chi connectivity index (χ0) is 13.7. The van der Waals surface area contributed by atoms with Crippen LogP contribution in [0.15, 0.2) is 28.7 Å². The summed E-state index contributed by atoms with van der Waals surface area (Å²) < 4.78 is 15.2. The van der Waals surface area contributed by atoms with Gasteiger partial charge < -0.3 is 13.9 Å². The van der Waals surface area contributed by atoms with E-state index in [-0.39, 0.29) is 25.0 Å². The molecule has 0 aliphatic rings. The number of carbonyl (C=O) groups is 1. The summed E-state index contributed by atoms with van der Waals surface area (Å²) in [6, 6.07) is 6.90. The van der Waals surface area contributed by atoms with Crippen molar-refractivity contribution < 1.29 is 18.7 Å². The lowest BCUT2D eigenvalue weighted by atomic mass is 10.3. The molecule has 0 aliphatic carbocycles. The van der Waals surface area contributed by atoms with Crippen LogP contribution in [-0.2, 0) is 11.3 Å². The molecule has 19 heavy (non-hydrogen) atoms. The molecule has 2 rings (SSSR count). The molecule has 0 N–H and O–H groups in total. The van der Waals surface area contributed by atoms with Gasteiger partial charge in [-0.2, -0.15) is 0 Å². The second-order valence-electron chi connectivity index (χ2n) is 3.47. The molecule has 0 amide bonds. The van der Waals surface area contributed by atoms with E-state index >= 15 is 0 Å². The molecule has 2 aromatic rings. The number of hydrogen-bond acceptors (Lipinski definition) is 6. The molecule has 7 heteroatoms. The maximum atomic E-state index is 11.3. The molecule has 1 heterocycles. The van der Waals surface area contributed by atoms with Crippen LogP contribution < -0.4 is 4.74 Å². The highest BCUT2D eigenvalue weighted by molar-refractivity contribution is 6.30. The number of halogens is 1. The Morgan fingerprint density at radius 1 is 1.42 bits per heavy atom. The molecule has 0 spiro atoms. The van der Waals surface area contributed by atoms with Crippen molar-refractivity contribution in [3.63, 3.8) is 0 Å². The van der Waals surface area contributed by atoms with E-state index < -0.39 is 5.97 Å². The maximum Gasteiger partial charge on any atom is 0.396 e. The van der Waals surface area contributed by atoms with Gasteiger partial charge in [0, 0.05) is 5.02 Å². The summed E-state index contributed by atoms with van der Waals surface area (Å²) in [6.45, 7) is 1.99. The van der Waals surface area contributed by atoms with Gasteiger partial charge in [-0.3, -0.25) is 0 Å². The first-order valence-electron chi connectivity index (χ1n) is 5.57. The largest absolute Gasteiger partial charge is 0.484 e. The lowest BCUT2D eigenvalue weighted by Crippen LogP contribution is -2.04. The monoisotopic (exact) mass is 282 g/mol. The van der Waals surface area contributed by atoms with E-state index in [1.54, 1.807) is 31.2 Å². The fourth-order valence-electron chi connectivity index (χ4n) is 1.29. The summed E-state index contributed by atoms with van der Waals surface area (Å²) in [4.78, 5) is 11.3. The standard InChI is InChI=1S/C12H11ClN2O4/c1-2-17-12(16)11-15-14-10(19-11)7-18-9-5-3-4-8(13)6-9/h3-6H,2,7H2,1H3. The highest BCUT2D eigenvalue weighted by atomic mass is 35.5. The third kappa shape index (κ3) is 3.69. The molecule has 1 aromatic heterocycles. The van der Waals surface area contributed by atoms with Gasteiger partial charge >= 0.3 is 11.9 Å². The summed E-state index contributed by atoms with van der Waals surface area (Å²) in [7, 11) is 0. The molecule has 0 fully saturated rings. The third-order valence-corrected chi connectivity index (χ3v) is 2.31. The van der Waals surface area contributed by atoms with Crippen molar-refractivity contribution in [2.45, 2.75) is 13.5 Å². The van der Waals surface area contributed by atoms with Gasteiger partial charge in [0.25, 0.3) is 5.89 Å². The number of nitrogens with zero attached hydrogens (tertiary/aromatic N) is 2. The van der Waals surface area contributed by atoms with Gasteiger partial charge in [0.2, 0.25) is 0 Å². The number of esters is 1. The Labute approximate surface area is 114 Å². The van der Waals surface area contributed by atoms with E-state index in [2.05, 4.69) is 10.2 Å². The lowest BCUT2D eigenvalue weighted by Gasteiger charge is -2.02. The van der Waals surface area contributed by atoms with Crippen LogP contribution in [0.5, 0.6) is 5.75 Å². The van der Waals surface area contributed by atoms with Crippen molar-refractivity contribution in [1.29, 1.82) is 0 Å². The second-order valence-corrected chi connectivity index (χ2v) is 3.90. The first-order valence-corrected chi connectivity index (χ1v) is 5.94. The van der Waals surface area contributed by atoms with Crippen molar-refractivity contribution in [1.82, 2.24) is 10.2 Å². The van der Waals surface area contributed by atoms with E-state index in [0.717, 1.165) is 0 Å². The summed E-state index contributed by atoms with van der Waals surface area (Å²) >= 11 is 5.81. The highest BCUT2D eigenvalue weighted by Gasteiger charge is 2.15. The molecule has 6 nitrogen and oxygen atoms in total. The Balaban J connectivity index is 1.95. The molecule has 100 valence electrons. The Morgan fingerprint density at radius 3 is 3.00 bits per heavy atom. The van der Waals surface area contributed by atoms with E-state index in [1.165, 1.54) is 0 Å². The quantitative estimate of drug-likeness (QED) is 0.784. The summed E-state index contributed by atoms with van der Waals surface area (Å²) in [5, 5.41) is 7.81. The molecule has 0 saturated heterocycles.